The Morgan fingerprint density at radius 3 is 2.35 bits per heavy atom. The highest BCUT2D eigenvalue weighted by Crippen LogP contribution is 2.44. The van der Waals surface area contributed by atoms with Crippen LogP contribution in [0, 0.1) is 11.8 Å². The van der Waals surface area contributed by atoms with E-state index in [0.717, 1.165) is 31.4 Å². The number of alkyl halides is 6. The molecule has 2 fully saturated rings. The van der Waals surface area contributed by atoms with Gasteiger partial charge in [-0.3, -0.25) is 9.69 Å². The van der Waals surface area contributed by atoms with Crippen molar-refractivity contribution in [3.63, 3.8) is 0 Å². The second-order valence-corrected chi connectivity index (χ2v) is 11.0. The van der Waals surface area contributed by atoms with Gasteiger partial charge in [0.2, 0.25) is 0 Å². The Kier molecular flexibility index (Phi) is 9.58. The molecule has 0 bridgehead atoms. The molecular formula is C30H37F6NO3. The van der Waals surface area contributed by atoms with Crippen molar-refractivity contribution in [2.75, 3.05) is 19.7 Å². The number of benzene rings is 2. The Balaban J connectivity index is 1.55. The summed E-state index contributed by atoms with van der Waals surface area (Å²) in [5.41, 5.74) is 0.00840. The molecule has 10 heteroatoms. The Morgan fingerprint density at radius 2 is 1.73 bits per heavy atom. The van der Waals surface area contributed by atoms with Crippen molar-refractivity contribution in [2.45, 2.75) is 89.7 Å². The van der Waals surface area contributed by atoms with E-state index >= 15 is 0 Å². The average Bonchev–Trinajstić information content (AvgIpc) is 2.88. The standard InChI is InChI=1S/C30H37F6NO3/c1-3-25(37-15-5-6-19(18-37)16-27(38)39-4-2)21-7-13-24-20(17-21)8-14-26(28(24)30(34,35)36)40-23-11-9-22(10-12-23)29(31,32)33/h7-8,13-14,17,19,22-23,25H,3-6,9-12,15-16,18H2,1-2H3/t19-,22?,23?,25?/m1/s1. The summed E-state index contributed by atoms with van der Waals surface area (Å²) in [6, 6.07) is 7.86. The van der Waals surface area contributed by atoms with Crippen molar-refractivity contribution in [3.8, 4) is 5.75 Å². The third-order valence-electron chi connectivity index (χ3n) is 8.24. The Labute approximate surface area is 231 Å². The predicted octanol–water partition coefficient (Wildman–Crippen LogP) is 8.47. The number of hydrogen-bond donors (Lipinski definition) is 0. The first kappa shape index (κ1) is 30.5. The average molecular weight is 574 g/mol. The molecule has 2 atom stereocenters. The van der Waals surface area contributed by atoms with E-state index in [1.807, 2.05) is 6.92 Å². The van der Waals surface area contributed by atoms with Crippen LogP contribution in [-0.2, 0) is 15.7 Å². The number of nitrogens with zero attached hydrogens (tertiary/aromatic N) is 1. The summed E-state index contributed by atoms with van der Waals surface area (Å²) >= 11 is 0. The van der Waals surface area contributed by atoms with E-state index in [9.17, 15) is 31.1 Å². The van der Waals surface area contributed by atoms with Gasteiger partial charge >= 0.3 is 18.3 Å². The van der Waals surface area contributed by atoms with Gasteiger partial charge in [0.15, 0.2) is 0 Å². The van der Waals surface area contributed by atoms with Gasteiger partial charge in [0.1, 0.15) is 11.3 Å². The highest BCUT2D eigenvalue weighted by atomic mass is 19.4. The Morgan fingerprint density at radius 1 is 1.00 bits per heavy atom. The number of likely N-dealkylation sites (tertiary alicyclic amines) is 1. The summed E-state index contributed by atoms with van der Waals surface area (Å²) in [6.45, 7) is 5.71. The molecule has 2 aromatic rings. The summed E-state index contributed by atoms with van der Waals surface area (Å²) in [5.74, 6) is -1.81. The molecule has 1 aliphatic heterocycles. The predicted molar refractivity (Wildman–Crippen MR) is 140 cm³/mol. The summed E-state index contributed by atoms with van der Waals surface area (Å²) in [7, 11) is 0. The molecule has 4 rings (SSSR count). The number of halogens is 6. The van der Waals surface area contributed by atoms with Crippen LogP contribution < -0.4 is 4.74 Å². The van der Waals surface area contributed by atoms with Crippen LogP contribution in [0.15, 0.2) is 30.3 Å². The van der Waals surface area contributed by atoms with Crippen molar-refractivity contribution >= 4 is 16.7 Å². The number of carbonyl (C=O) groups excluding carboxylic acids is 1. The fraction of sp³-hybridized carbons (Fsp3) is 0.633. The van der Waals surface area contributed by atoms with Gasteiger partial charge < -0.3 is 9.47 Å². The maximum absolute atomic E-state index is 14.3. The number of fused-ring (bicyclic) bond motifs is 1. The van der Waals surface area contributed by atoms with E-state index in [1.165, 1.54) is 12.1 Å². The fourth-order valence-corrected chi connectivity index (χ4v) is 6.32. The van der Waals surface area contributed by atoms with Crippen LogP contribution in [0.3, 0.4) is 0 Å². The van der Waals surface area contributed by atoms with Gasteiger partial charge in [0, 0.05) is 19.0 Å². The van der Waals surface area contributed by atoms with Crippen LogP contribution in [0.2, 0.25) is 0 Å². The molecule has 1 unspecified atom stereocenters. The molecule has 0 amide bonds. The zero-order valence-corrected chi connectivity index (χ0v) is 22.9. The molecule has 40 heavy (non-hydrogen) atoms. The van der Waals surface area contributed by atoms with E-state index in [4.69, 9.17) is 9.47 Å². The number of carbonyl (C=O) groups is 1. The minimum atomic E-state index is -4.70. The second-order valence-electron chi connectivity index (χ2n) is 11.0. The molecule has 1 saturated heterocycles. The first-order valence-corrected chi connectivity index (χ1v) is 14.2. The smallest absolute Gasteiger partial charge is 0.420 e. The lowest BCUT2D eigenvalue weighted by Crippen LogP contribution is -2.39. The quantitative estimate of drug-likeness (QED) is 0.235. The molecule has 2 aromatic carbocycles. The number of ether oxygens (including phenoxy) is 2. The normalized spacial score (nSPS) is 23.6. The van der Waals surface area contributed by atoms with Gasteiger partial charge in [-0.1, -0.05) is 25.1 Å². The lowest BCUT2D eigenvalue weighted by molar-refractivity contribution is -0.185. The van der Waals surface area contributed by atoms with E-state index in [-0.39, 0.29) is 54.7 Å². The highest BCUT2D eigenvalue weighted by molar-refractivity contribution is 5.89. The van der Waals surface area contributed by atoms with Gasteiger partial charge in [-0.15, -0.1) is 0 Å². The molecule has 2 aliphatic rings. The number of piperidine rings is 1. The highest BCUT2D eigenvalue weighted by Gasteiger charge is 2.43. The van der Waals surface area contributed by atoms with Crippen LogP contribution in [0.1, 0.15) is 82.4 Å². The van der Waals surface area contributed by atoms with Crippen LogP contribution in [-0.4, -0.2) is 42.8 Å². The molecule has 0 aromatic heterocycles. The van der Waals surface area contributed by atoms with Crippen LogP contribution in [0.5, 0.6) is 5.75 Å². The van der Waals surface area contributed by atoms with Crippen LogP contribution in [0.4, 0.5) is 26.3 Å². The summed E-state index contributed by atoms with van der Waals surface area (Å²) < 4.78 is 92.7. The largest absolute Gasteiger partial charge is 0.490 e. The van der Waals surface area contributed by atoms with E-state index in [0.29, 0.717) is 25.0 Å². The molecule has 222 valence electrons. The summed E-state index contributed by atoms with van der Waals surface area (Å²) in [4.78, 5) is 14.3. The molecular weight excluding hydrogens is 536 g/mol. The number of esters is 1. The Bertz CT molecular complexity index is 1160. The first-order valence-electron chi connectivity index (χ1n) is 14.2. The molecule has 1 heterocycles. The number of rotatable bonds is 8. The minimum Gasteiger partial charge on any atom is -0.490 e. The van der Waals surface area contributed by atoms with Crippen molar-refractivity contribution in [1.82, 2.24) is 4.90 Å². The molecule has 0 radical (unpaired) electrons. The Hall–Kier alpha value is -2.49. The lowest BCUT2D eigenvalue weighted by atomic mass is 9.87. The first-order chi connectivity index (χ1) is 18.9. The lowest BCUT2D eigenvalue weighted by Gasteiger charge is -2.38. The summed E-state index contributed by atoms with van der Waals surface area (Å²) in [5, 5.41) is 0.433. The van der Waals surface area contributed by atoms with Gasteiger partial charge in [-0.2, -0.15) is 26.3 Å². The summed E-state index contributed by atoms with van der Waals surface area (Å²) in [6.07, 6.45) is -6.90. The maximum atomic E-state index is 14.3. The van der Waals surface area contributed by atoms with Crippen molar-refractivity contribution in [1.29, 1.82) is 0 Å². The fourth-order valence-electron chi connectivity index (χ4n) is 6.32. The molecule has 0 N–H and O–H groups in total. The van der Waals surface area contributed by atoms with Crippen molar-refractivity contribution in [2.24, 2.45) is 11.8 Å². The monoisotopic (exact) mass is 573 g/mol. The van der Waals surface area contributed by atoms with Crippen molar-refractivity contribution in [3.05, 3.63) is 41.5 Å². The molecule has 1 aliphatic carbocycles. The maximum Gasteiger partial charge on any atom is 0.420 e. The van der Waals surface area contributed by atoms with Gasteiger partial charge in [-0.05, 0) is 92.8 Å². The zero-order valence-electron chi connectivity index (χ0n) is 22.9. The minimum absolute atomic E-state index is 0.00594. The topological polar surface area (TPSA) is 38.8 Å². The van der Waals surface area contributed by atoms with Crippen LogP contribution >= 0.6 is 0 Å². The third kappa shape index (κ3) is 7.22. The van der Waals surface area contributed by atoms with Crippen LogP contribution in [0.25, 0.3) is 10.8 Å². The van der Waals surface area contributed by atoms with Gasteiger partial charge in [0.25, 0.3) is 0 Å². The third-order valence-corrected chi connectivity index (χ3v) is 8.24. The van der Waals surface area contributed by atoms with Crippen molar-refractivity contribution < 1.29 is 40.6 Å². The van der Waals surface area contributed by atoms with E-state index < -0.39 is 29.9 Å². The van der Waals surface area contributed by atoms with E-state index in [2.05, 4.69) is 4.90 Å². The van der Waals surface area contributed by atoms with E-state index in [1.54, 1.807) is 25.1 Å². The zero-order chi connectivity index (χ0) is 29.1. The van der Waals surface area contributed by atoms with Gasteiger partial charge in [-0.25, -0.2) is 0 Å². The SMILES string of the molecule is CCOC(=O)C[C@H]1CCCN(C(CC)c2ccc3c(C(F)(F)F)c(OC4CCC(C(F)(F)F)CC4)ccc3c2)C1. The molecule has 0 spiro atoms. The molecule has 1 saturated carbocycles. The second kappa shape index (κ2) is 12.6. The number of hydrogen-bond acceptors (Lipinski definition) is 4. The molecule has 4 nitrogen and oxygen atoms in total. The van der Waals surface area contributed by atoms with Gasteiger partial charge in [0.05, 0.1) is 18.6 Å².